The summed E-state index contributed by atoms with van der Waals surface area (Å²) in [6.45, 7) is 5.28. The maximum Gasteiger partial charge on any atom is 0.0477 e. The summed E-state index contributed by atoms with van der Waals surface area (Å²) in [6, 6.07) is 0.404. The molecule has 0 aliphatic rings. The van der Waals surface area contributed by atoms with E-state index in [0.717, 1.165) is 25.4 Å². The van der Waals surface area contributed by atoms with Crippen molar-refractivity contribution in [1.29, 1.82) is 0 Å². The number of nitrogens with two attached hydrogens (primary N) is 1. The second-order valence-corrected chi connectivity index (χ2v) is 3.77. The SMILES string of the molecule is CCCC(C)CC(CCOC)NN. The number of hydrazine groups is 1. The summed E-state index contributed by atoms with van der Waals surface area (Å²) in [5.74, 6) is 6.21. The zero-order chi connectivity index (χ0) is 10.1. The summed E-state index contributed by atoms with van der Waals surface area (Å²) < 4.78 is 5.02. The van der Waals surface area contributed by atoms with Crippen molar-refractivity contribution < 1.29 is 4.74 Å². The monoisotopic (exact) mass is 188 g/mol. The predicted molar refractivity (Wildman–Crippen MR) is 56.3 cm³/mol. The van der Waals surface area contributed by atoms with Crippen molar-refractivity contribution in [3.63, 3.8) is 0 Å². The van der Waals surface area contributed by atoms with Gasteiger partial charge in [0.25, 0.3) is 0 Å². The van der Waals surface area contributed by atoms with Crippen molar-refractivity contribution in [3.05, 3.63) is 0 Å². The summed E-state index contributed by atoms with van der Waals surface area (Å²) in [6.07, 6.45) is 4.68. The summed E-state index contributed by atoms with van der Waals surface area (Å²) in [5, 5.41) is 0. The highest BCUT2D eigenvalue weighted by molar-refractivity contribution is 4.67. The topological polar surface area (TPSA) is 47.3 Å². The highest BCUT2D eigenvalue weighted by Gasteiger charge is 2.10. The standard InChI is InChI=1S/C10H24N2O/c1-4-5-9(2)8-10(12-11)6-7-13-3/h9-10,12H,4-8,11H2,1-3H3. The third-order valence-corrected chi connectivity index (χ3v) is 2.37. The second kappa shape index (κ2) is 8.48. The van der Waals surface area contributed by atoms with E-state index in [9.17, 15) is 0 Å². The summed E-state index contributed by atoms with van der Waals surface area (Å²) >= 11 is 0. The lowest BCUT2D eigenvalue weighted by Gasteiger charge is -2.19. The van der Waals surface area contributed by atoms with Crippen LogP contribution in [0.3, 0.4) is 0 Å². The Morgan fingerprint density at radius 2 is 2.08 bits per heavy atom. The number of nitrogens with one attached hydrogen (secondary N) is 1. The highest BCUT2D eigenvalue weighted by atomic mass is 16.5. The van der Waals surface area contributed by atoms with Crippen LogP contribution < -0.4 is 11.3 Å². The van der Waals surface area contributed by atoms with Gasteiger partial charge in [-0.1, -0.05) is 26.7 Å². The lowest BCUT2D eigenvalue weighted by Crippen LogP contribution is -2.37. The van der Waals surface area contributed by atoms with Crippen LogP contribution in [0.25, 0.3) is 0 Å². The second-order valence-electron chi connectivity index (χ2n) is 3.77. The average Bonchev–Trinajstić information content (AvgIpc) is 2.12. The third kappa shape index (κ3) is 6.99. The number of hydrogen-bond donors (Lipinski definition) is 2. The van der Waals surface area contributed by atoms with Crippen molar-refractivity contribution in [2.75, 3.05) is 13.7 Å². The largest absolute Gasteiger partial charge is 0.385 e. The van der Waals surface area contributed by atoms with Gasteiger partial charge in [0.15, 0.2) is 0 Å². The van der Waals surface area contributed by atoms with E-state index < -0.39 is 0 Å². The van der Waals surface area contributed by atoms with Crippen LogP contribution in [0.15, 0.2) is 0 Å². The molecule has 0 aromatic rings. The Morgan fingerprint density at radius 1 is 1.38 bits per heavy atom. The van der Waals surface area contributed by atoms with E-state index in [4.69, 9.17) is 10.6 Å². The Balaban J connectivity index is 3.56. The van der Waals surface area contributed by atoms with Gasteiger partial charge in [-0.15, -0.1) is 0 Å². The molecule has 3 nitrogen and oxygen atoms in total. The minimum atomic E-state index is 0.404. The van der Waals surface area contributed by atoms with Gasteiger partial charge >= 0.3 is 0 Å². The zero-order valence-electron chi connectivity index (χ0n) is 9.18. The fourth-order valence-corrected chi connectivity index (χ4v) is 1.63. The van der Waals surface area contributed by atoms with E-state index in [-0.39, 0.29) is 0 Å². The Hall–Kier alpha value is -0.120. The lowest BCUT2D eigenvalue weighted by atomic mass is 9.96. The smallest absolute Gasteiger partial charge is 0.0477 e. The first-order valence-corrected chi connectivity index (χ1v) is 5.19. The highest BCUT2D eigenvalue weighted by Crippen LogP contribution is 2.13. The van der Waals surface area contributed by atoms with Gasteiger partial charge in [0.05, 0.1) is 0 Å². The molecule has 0 spiro atoms. The lowest BCUT2D eigenvalue weighted by molar-refractivity contribution is 0.177. The molecule has 0 heterocycles. The number of ether oxygens (including phenoxy) is 1. The molecule has 0 radical (unpaired) electrons. The Bertz CT molecular complexity index is 109. The molecule has 0 aromatic heterocycles. The molecule has 0 rings (SSSR count). The minimum Gasteiger partial charge on any atom is -0.385 e. The maximum absolute atomic E-state index is 5.45. The van der Waals surface area contributed by atoms with E-state index in [0.29, 0.717) is 6.04 Å². The predicted octanol–water partition coefficient (Wildman–Crippen LogP) is 1.68. The molecule has 0 aromatic carbocycles. The Morgan fingerprint density at radius 3 is 2.54 bits per heavy atom. The van der Waals surface area contributed by atoms with Crippen molar-refractivity contribution in [2.45, 2.75) is 45.6 Å². The number of hydrogen-bond acceptors (Lipinski definition) is 3. The van der Waals surface area contributed by atoms with Crippen LogP contribution in [-0.2, 0) is 4.74 Å². The fourth-order valence-electron chi connectivity index (χ4n) is 1.63. The first kappa shape index (κ1) is 12.9. The molecule has 0 saturated carbocycles. The van der Waals surface area contributed by atoms with Gasteiger partial charge in [-0.05, 0) is 18.8 Å². The van der Waals surface area contributed by atoms with Gasteiger partial charge in [0.2, 0.25) is 0 Å². The molecule has 3 N–H and O–H groups in total. The molecule has 2 unspecified atom stereocenters. The van der Waals surface area contributed by atoms with Gasteiger partial charge in [-0.3, -0.25) is 11.3 Å². The molecule has 0 saturated heterocycles. The fraction of sp³-hybridized carbons (Fsp3) is 1.00. The summed E-state index contributed by atoms with van der Waals surface area (Å²) in [7, 11) is 1.73. The van der Waals surface area contributed by atoms with E-state index in [1.165, 1.54) is 12.8 Å². The van der Waals surface area contributed by atoms with Crippen molar-refractivity contribution in [3.8, 4) is 0 Å². The molecule has 3 heteroatoms. The van der Waals surface area contributed by atoms with Gasteiger partial charge in [0.1, 0.15) is 0 Å². The van der Waals surface area contributed by atoms with Crippen LogP contribution in [0.5, 0.6) is 0 Å². The van der Waals surface area contributed by atoms with E-state index in [1.54, 1.807) is 7.11 Å². The average molecular weight is 188 g/mol. The minimum absolute atomic E-state index is 0.404. The molecule has 0 fully saturated rings. The normalized spacial score (nSPS) is 15.7. The molecule has 0 bridgehead atoms. The molecule has 13 heavy (non-hydrogen) atoms. The van der Waals surface area contributed by atoms with Crippen LogP contribution in [0.4, 0.5) is 0 Å². The number of methoxy groups -OCH3 is 1. The summed E-state index contributed by atoms with van der Waals surface area (Å²) in [4.78, 5) is 0. The van der Waals surface area contributed by atoms with Crippen LogP contribution in [0.2, 0.25) is 0 Å². The third-order valence-electron chi connectivity index (χ3n) is 2.37. The van der Waals surface area contributed by atoms with Crippen LogP contribution in [0.1, 0.15) is 39.5 Å². The van der Waals surface area contributed by atoms with Gasteiger partial charge in [-0.2, -0.15) is 0 Å². The molecule has 0 aliphatic carbocycles. The summed E-state index contributed by atoms with van der Waals surface area (Å²) in [5.41, 5.74) is 2.85. The van der Waals surface area contributed by atoms with E-state index in [2.05, 4.69) is 19.3 Å². The molecular weight excluding hydrogens is 164 g/mol. The maximum atomic E-state index is 5.45. The zero-order valence-corrected chi connectivity index (χ0v) is 9.18. The van der Waals surface area contributed by atoms with Gasteiger partial charge in [0, 0.05) is 19.8 Å². The first-order valence-electron chi connectivity index (χ1n) is 5.19. The van der Waals surface area contributed by atoms with Gasteiger partial charge < -0.3 is 4.74 Å². The van der Waals surface area contributed by atoms with Crippen molar-refractivity contribution in [2.24, 2.45) is 11.8 Å². The van der Waals surface area contributed by atoms with E-state index >= 15 is 0 Å². The van der Waals surface area contributed by atoms with Crippen molar-refractivity contribution >= 4 is 0 Å². The molecule has 2 atom stereocenters. The van der Waals surface area contributed by atoms with Crippen LogP contribution >= 0.6 is 0 Å². The van der Waals surface area contributed by atoms with Crippen LogP contribution in [-0.4, -0.2) is 19.8 Å². The van der Waals surface area contributed by atoms with Crippen LogP contribution in [0, 0.1) is 5.92 Å². The molecule has 0 aliphatic heterocycles. The molecule has 0 amide bonds. The molecular formula is C10H24N2O. The van der Waals surface area contributed by atoms with Crippen molar-refractivity contribution in [1.82, 2.24) is 5.43 Å². The van der Waals surface area contributed by atoms with E-state index in [1.807, 2.05) is 0 Å². The van der Waals surface area contributed by atoms with Gasteiger partial charge in [-0.25, -0.2) is 0 Å². The Kier molecular flexibility index (Phi) is 8.40. The number of rotatable bonds is 8. The molecule has 80 valence electrons. The Labute approximate surface area is 82.0 Å². The quantitative estimate of drug-likeness (QED) is 0.450. The first-order chi connectivity index (χ1) is 6.24.